The molecule has 3 nitrogen and oxygen atoms in total. The molecule has 0 bridgehead atoms. The van der Waals surface area contributed by atoms with Crippen LogP contribution >= 0.6 is 0 Å². The summed E-state index contributed by atoms with van der Waals surface area (Å²) in [6, 6.07) is 0.516. The second kappa shape index (κ2) is 4.17. The van der Waals surface area contributed by atoms with Crippen LogP contribution in [-0.4, -0.2) is 49.8 Å². The van der Waals surface area contributed by atoms with Gasteiger partial charge in [0.2, 0.25) is 0 Å². The van der Waals surface area contributed by atoms with Crippen LogP contribution in [0.5, 0.6) is 0 Å². The van der Waals surface area contributed by atoms with E-state index in [1.165, 1.54) is 32.4 Å². The van der Waals surface area contributed by atoms with Gasteiger partial charge in [0, 0.05) is 19.1 Å². The molecule has 3 heteroatoms. The van der Waals surface area contributed by atoms with Gasteiger partial charge < -0.3 is 15.0 Å². The molecule has 0 aromatic carbocycles. The summed E-state index contributed by atoms with van der Waals surface area (Å²) in [5.74, 6) is 0. The molecule has 82 valence electrons. The molecule has 14 heavy (non-hydrogen) atoms. The molecule has 0 aromatic rings. The van der Waals surface area contributed by atoms with Gasteiger partial charge in [-0.25, -0.2) is 0 Å². The summed E-state index contributed by atoms with van der Waals surface area (Å²) in [6.45, 7) is 6.56. The van der Waals surface area contributed by atoms with Crippen molar-refractivity contribution >= 4 is 0 Å². The molecule has 1 N–H and O–H groups in total. The molecule has 2 heterocycles. The molecule has 2 aliphatic heterocycles. The molecule has 2 rings (SSSR count). The van der Waals surface area contributed by atoms with Gasteiger partial charge in [0.25, 0.3) is 0 Å². The van der Waals surface area contributed by atoms with Crippen molar-refractivity contribution in [2.45, 2.75) is 37.8 Å². The summed E-state index contributed by atoms with van der Waals surface area (Å²) < 4.78 is 6.06. The van der Waals surface area contributed by atoms with Gasteiger partial charge in [-0.3, -0.25) is 0 Å². The van der Waals surface area contributed by atoms with Gasteiger partial charge in [0.05, 0.1) is 12.2 Å². The number of hydrogen-bond acceptors (Lipinski definition) is 3. The Hall–Kier alpha value is -0.120. The van der Waals surface area contributed by atoms with Crippen LogP contribution in [0, 0.1) is 0 Å². The quantitative estimate of drug-likeness (QED) is 0.624. The lowest BCUT2D eigenvalue weighted by Crippen LogP contribution is -2.56. The Morgan fingerprint density at radius 2 is 2.21 bits per heavy atom. The van der Waals surface area contributed by atoms with E-state index < -0.39 is 0 Å². The number of morpholine rings is 1. The highest BCUT2D eigenvalue weighted by molar-refractivity contribution is 4.95. The fraction of sp³-hybridized carbons (Fsp3) is 1.00. The minimum absolute atomic E-state index is 0.128. The van der Waals surface area contributed by atoms with E-state index in [9.17, 15) is 0 Å². The highest BCUT2D eigenvalue weighted by Gasteiger charge is 2.40. The molecule has 2 unspecified atom stereocenters. The lowest BCUT2D eigenvalue weighted by Gasteiger charge is -2.42. The van der Waals surface area contributed by atoms with Gasteiger partial charge in [-0.05, 0) is 39.8 Å². The molecule has 2 atom stereocenters. The average Bonchev–Trinajstić information content (AvgIpc) is 2.36. The lowest BCUT2D eigenvalue weighted by atomic mass is 9.86. The maximum Gasteiger partial charge on any atom is 0.0845 e. The second-order valence-electron chi connectivity index (χ2n) is 4.75. The van der Waals surface area contributed by atoms with Crippen molar-refractivity contribution in [1.82, 2.24) is 10.2 Å². The van der Waals surface area contributed by atoms with E-state index >= 15 is 0 Å². The fourth-order valence-corrected chi connectivity index (χ4v) is 2.68. The average molecular weight is 198 g/mol. The number of rotatable bonds is 0. The summed E-state index contributed by atoms with van der Waals surface area (Å²) in [5, 5.41) is 3.54. The fourth-order valence-electron chi connectivity index (χ4n) is 2.68. The van der Waals surface area contributed by atoms with Gasteiger partial charge >= 0.3 is 0 Å². The third kappa shape index (κ3) is 1.95. The molecule has 0 saturated carbocycles. The summed E-state index contributed by atoms with van der Waals surface area (Å²) >= 11 is 0. The first-order chi connectivity index (χ1) is 6.73. The molecule has 0 amide bonds. The molecule has 1 spiro atoms. The summed E-state index contributed by atoms with van der Waals surface area (Å²) in [7, 11) is 2.21. The predicted octanol–water partition coefficient (Wildman–Crippen LogP) is 0.849. The molecular formula is C11H22N2O. The molecule has 2 aliphatic rings. The van der Waals surface area contributed by atoms with Crippen molar-refractivity contribution in [2.24, 2.45) is 0 Å². The van der Waals surface area contributed by atoms with E-state index in [4.69, 9.17) is 4.74 Å². The standard InChI is InChI=1S/C11H22N2O/c1-10-11(14-9-6-12-10)4-3-7-13(2)8-5-11/h10,12H,3-9H2,1-2H3. The third-order valence-corrected chi connectivity index (χ3v) is 3.79. The van der Waals surface area contributed by atoms with Crippen molar-refractivity contribution in [1.29, 1.82) is 0 Å². The molecule has 0 radical (unpaired) electrons. The SMILES string of the molecule is CC1NCCOC12CCCN(C)CC2. The predicted molar refractivity (Wildman–Crippen MR) is 57.5 cm³/mol. The zero-order valence-corrected chi connectivity index (χ0v) is 9.38. The number of hydrogen-bond donors (Lipinski definition) is 1. The topological polar surface area (TPSA) is 24.5 Å². The van der Waals surface area contributed by atoms with Crippen LogP contribution in [0.1, 0.15) is 26.2 Å². The van der Waals surface area contributed by atoms with E-state index in [-0.39, 0.29) is 5.60 Å². The Labute approximate surface area is 86.8 Å². The number of likely N-dealkylation sites (tertiary alicyclic amines) is 1. The highest BCUT2D eigenvalue weighted by atomic mass is 16.5. The monoisotopic (exact) mass is 198 g/mol. The largest absolute Gasteiger partial charge is 0.372 e. The molecule has 2 saturated heterocycles. The van der Waals surface area contributed by atoms with Crippen LogP contribution in [0.25, 0.3) is 0 Å². The van der Waals surface area contributed by atoms with Gasteiger partial charge in [-0.1, -0.05) is 0 Å². The molecule has 2 fully saturated rings. The van der Waals surface area contributed by atoms with Gasteiger partial charge in [-0.15, -0.1) is 0 Å². The van der Waals surface area contributed by atoms with Crippen LogP contribution in [0.3, 0.4) is 0 Å². The lowest BCUT2D eigenvalue weighted by molar-refractivity contribution is -0.100. The van der Waals surface area contributed by atoms with Crippen LogP contribution < -0.4 is 5.32 Å². The molecule has 0 aromatic heterocycles. The molecular weight excluding hydrogens is 176 g/mol. The zero-order valence-electron chi connectivity index (χ0n) is 9.38. The van der Waals surface area contributed by atoms with Crippen LogP contribution in [-0.2, 0) is 4.74 Å². The number of nitrogens with zero attached hydrogens (tertiary/aromatic N) is 1. The van der Waals surface area contributed by atoms with E-state index in [1.807, 2.05) is 0 Å². The Balaban J connectivity index is 2.04. The summed E-state index contributed by atoms with van der Waals surface area (Å²) in [5.41, 5.74) is 0.128. The minimum Gasteiger partial charge on any atom is -0.372 e. The van der Waals surface area contributed by atoms with E-state index in [2.05, 4.69) is 24.2 Å². The molecule has 0 aliphatic carbocycles. The Kier molecular flexibility index (Phi) is 3.10. The summed E-state index contributed by atoms with van der Waals surface area (Å²) in [6.07, 6.45) is 3.66. The minimum atomic E-state index is 0.128. The van der Waals surface area contributed by atoms with E-state index in [1.54, 1.807) is 0 Å². The van der Waals surface area contributed by atoms with Gasteiger partial charge in [-0.2, -0.15) is 0 Å². The third-order valence-electron chi connectivity index (χ3n) is 3.79. The number of ether oxygens (including phenoxy) is 1. The van der Waals surface area contributed by atoms with Crippen molar-refractivity contribution in [3.63, 3.8) is 0 Å². The van der Waals surface area contributed by atoms with Crippen LogP contribution in [0.4, 0.5) is 0 Å². The smallest absolute Gasteiger partial charge is 0.0845 e. The van der Waals surface area contributed by atoms with E-state index in [0.717, 1.165) is 13.2 Å². The van der Waals surface area contributed by atoms with Gasteiger partial charge in [0.15, 0.2) is 0 Å². The van der Waals surface area contributed by atoms with E-state index in [0.29, 0.717) is 6.04 Å². The first kappa shape index (κ1) is 10.4. The second-order valence-corrected chi connectivity index (χ2v) is 4.75. The first-order valence-corrected chi connectivity index (χ1v) is 5.79. The normalized spacial score (nSPS) is 41.1. The van der Waals surface area contributed by atoms with Gasteiger partial charge in [0.1, 0.15) is 0 Å². The van der Waals surface area contributed by atoms with Crippen LogP contribution in [0.15, 0.2) is 0 Å². The first-order valence-electron chi connectivity index (χ1n) is 5.79. The Bertz CT molecular complexity index is 198. The zero-order chi connectivity index (χ0) is 10.0. The van der Waals surface area contributed by atoms with Crippen LogP contribution in [0.2, 0.25) is 0 Å². The van der Waals surface area contributed by atoms with Crippen molar-refractivity contribution in [2.75, 3.05) is 33.3 Å². The maximum absolute atomic E-state index is 6.06. The number of nitrogens with one attached hydrogen (secondary N) is 1. The van der Waals surface area contributed by atoms with Crippen molar-refractivity contribution < 1.29 is 4.74 Å². The maximum atomic E-state index is 6.06. The summed E-state index contributed by atoms with van der Waals surface area (Å²) in [4.78, 5) is 2.42. The van der Waals surface area contributed by atoms with Crippen molar-refractivity contribution in [3.05, 3.63) is 0 Å². The Morgan fingerprint density at radius 1 is 1.36 bits per heavy atom. The van der Waals surface area contributed by atoms with Crippen molar-refractivity contribution in [3.8, 4) is 0 Å². The highest BCUT2D eigenvalue weighted by Crippen LogP contribution is 2.31. The Morgan fingerprint density at radius 3 is 3.00 bits per heavy atom.